The van der Waals surface area contributed by atoms with Gasteiger partial charge in [-0.2, -0.15) is 0 Å². The first-order valence-electron chi connectivity index (χ1n) is 8.67. The van der Waals surface area contributed by atoms with Crippen LogP contribution < -0.4 is 9.64 Å². The summed E-state index contributed by atoms with van der Waals surface area (Å²) in [7, 11) is 1.63. The van der Waals surface area contributed by atoms with Crippen LogP contribution in [0.15, 0.2) is 54.6 Å². The van der Waals surface area contributed by atoms with Crippen LogP contribution in [-0.2, 0) is 0 Å². The maximum Gasteiger partial charge on any atom is 0.268 e. The fraction of sp³-hybridized carbons (Fsp3) is 0.0909. The highest BCUT2D eigenvalue weighted by molar-refractivity contribution is 6.38. The van der Waals surface area contributed by atoms with Gasteiger partial charge < -0.3 is 9.72 Å². The molecule has 2 amide bonds. The van der Waals surface area contributed by atoms with Crippen molar-refractivity contribution >= 4 is 39.3 Å². The molecule has 132 valence electrons. The van der Waals surface area contributed by atoms with E-state index < -0.39 is 0 Å². The first-order chi connectivity index (χ1) is 13.1. The average Bonchev–Trinajstić information content (AvgIpc) is 3.18. The molecule has 0 bridgehead atoms. The summed E-state index contributed by atoms with van der Waals surface area (Å²) in [6, 6.07) is 16.6. The molecule has 0 unspecified atom stereocenters. The molecule has 1 aliphatic heterocycles. The molecule has 5 heteroatoms. The van der Waals surface area contributed by atoms with Gasteiger partial charge in [-0.1, -0.05) is 18.2 Å². The summed E-state index contributed by atoms with van der Waals surface area (Å²) in [5.74, 6) is 0.156. The molecule has 27 heavy (non-hydrogen) atoms. The molecule has 3 aromatic carbocycles. The number of nitrogens with one attached hydrogen (secondary N) is 1. The summed E-state index contributed by atoms with van der Waals surface area (Å²) in [4.78, 5) is 30.8. The average molecular weight is 356 g/mol. The van der Waals surface area contributed by atoms with Crippen LogP contribution in [0, 0.1) is 6.92 Å². The zero-order valence-electron chi connectivity index (χ0n) is 14.9. The standard InChI is InChI=1S/C22H16N2O3/c1-12-10-16-19(22(26)24(21(16)25)13-6-4-3-5-7-13)20-18(12)15-11-14(27-2)8-9-17(15)23-20/h3-11,23H,1-2H3. The molecule has 0 radical (unpaired) electrons. The molecule has 0 aliphatic carbocycles. The Morgan fingerprint density at radius 2 is 1.74 bits per heavy atom. The van der Waals surface area contributed by atoms with Crippen molar-refractivity contribution in [2.45, 2.75) is 6.92 Å². The SMILES string of the molecule is COc1ccc2[nH]c3c4c(cc(C)c3c2c1)C(=O)N(c1ccccc1)C4=O. The van der Waals surface area contributed by atoms with Crippen molar-refractivity contribution in [2.75, 3.05) is 12.0 Å². The lowest BCUT2D eigenvalue weighted by Crippen LogP contribution is -2.29. The van der Waals surface area contributed by atoms with Crippen LogP contribution >= 0.6 is 0 Å². The van der Waals surface area contributed by atoms with E-state index in [2.05, 4.69) is 4.98 Å². The van der Waals surface area contributed by atoms with Gasteiger partial charge in [-0.3, -0.25) is 9.59 Å². The van der Waals surface area contributed by atoms with Crippen molar-refractivity contribution < 1.29 is 14.3 Å². The van der Waals surface area contributed by atoms with E-state index in [0.717, 1.165) is 27.6 Å². The molecule has 4 aromatic rings. The minimum Gasteiger partial charge on any atom is -0.497 e. The molecule has 0 spiro atoms. The maximum absolute atomic E-state index is 13.2. The van der Waals surface area contributed by atoms with Gasteiger partial charge >= 0.3 is 0 Å². The van der Waals surface area contributed by atoms with Crippen molar-refractivity contribution in [3.63, 3.8) is 0 Å². The van der Waals surface area contributed by atoms with Crippen molar-refractivity contribution in [3.05, 3.63) is 71.3 Å². The molecule has 5 rings (SSSR count). The Hall–Kier alpha value is -3.60. The summed E-state index contributed by atoms with van der Waals surface area (Å²) in [6.45, 7) is 1.96. The number of hydrogen-bond acceptors (Lipinski definition) is 3. The van der Waals surface area contributed by atoms with Crippen molar-refractivity contribution in [1.82, 2.24) is 4.98 Å². The van der Waals surface area contributed by atoms with E-state index >= 15 is 0 Å². The number of imide groups is 1. The van der Waals surface area contributed by atoms with Gasteiger partial charge in [0.05, 0.1) is 29.4 Å². The molecule has 0 saturated carbocycles. The third-order valence-corrected chi connectivity index (χ3v) is 5.15. The molecular weight excluding hydrogens is 340 g/mol. The van der Waals surface area contributed by atoms with Gasteiger partial charge in [-0.05, 0) is 48.9 Å². The molecule has 0 fully saturated rings. The number of H-pyrrole nitrogens is 1. The van der Waals surface area contributed by atoms with E-state index in [1.807, 2.05) is 49.4 Å². The van der Waals surface area contributed by atoms with Gasteiger partial charge in [0, 0.05) is 16.3 Å². The predicted molar refractivity (Wildman–Crippen MR) is 105 cm³/mol. The van der Waals surface area contributed by atoms with Gasteiger partial charge in [-0.15, -0.1) is 0 Å². The number of amides is 2. The zero-order valence-corrected chi connectivity index (χ0v) is 14.9. The summed E-state index contributed by atoms with van der Waals surface area (Å²) in [5, 5.41) is 1.92. The molecule has 1 aromatic heterocycles. The molecule has 5 nitrogen and oxygen atoms in total. The Morgan fingerprint density at radius 3 is 2.48 bits per heavy atom. The van der Waals surface area contributed by atoms with Crippen LogP contribution in [0.25, 0.3) is 21.8 Å². The number of ether oxygens (including phenoxy) is 1. The first kappa shape index (κ1) is 15.6. The van der Waals surface area contributed by atoms with Crippen LogP contribution in [0.3, 0.4) is 0 Å². The highest BCUT2D eigenvalue weighted by Crippen LogP contribution is 2.38. The van der Waals surface area contributed by atoms with E-state index in [1.54, 1.807) is 19.2 Å². The number of para-hydroxylation sites is 1. The number of benzene rings is 3. The predicted octanol–water partition coefficient (Wildman–Crippen LogP) is 4.44. The number of anilines is 1. The minimum absolute atomic E-state index is 0.289. The van der Waals surface area contributed by atoms with Gasteiger partial charge in [-0.25, -0.2) is 4.90 Å². The van der Waals surface area contributed by atoms with Gasteiger partial charge in [0.1, 0.15) is 5.75 Å². The van der Waals surface area contributed by atoms with Gasteiger partial charge in [0.2, 0.25) is 0 Å². The van der Waals surface area contributed by atoms with E-state index in [4.69, 9.17) is 4.74 Å². The van der Waals surface area contributed by atoms with Gasteiger partial charge in [0.15, 0.2) is 0 Å². The van der Waals surface area contributed by atoms with E-state index in [9.17, 15) is 9.59 Å². The number of aromatic nitrogens is 1. The zero-order chi connectivity index (χ0) is 18.7. The smallest absolute Gasteiger partial charge is 0.268 e. The summed E-state index contributed by atoms with van der Waals surface area (Å²) < 4.78 is 5.34. The molecule has 2 heterocycles. The number of methoxy groups -OCH3 is 1. The summed E-state index contributed by atoms with van der Waals surface area (Å²) in [6.07, 6.45) is 0. The molecule has 1 N–H and O–H groups in total. The second-order valence-electron chi connectivity index (χ2n) is 6.68. The van der Waals surface area contributed by atoms with Crippen LogP contribution in [0.5, 0.6) is 5.75 Å². The Labute approximate surface area is 155 Å². The number of fused-ring (bicyclic) bond motifs is 5. The Bertz CT molecular complexity index is 1260. The first-order valence-corrected chi connectivity index (χ1v) is 8.67. The number of rotatable bonds is 2. The largest absolute Gasteiger partial charge is 0.497 e. The number of aryl methyl sites for hydroxylation is 1. The lowest BCUT2D eigenvalue weighted by molar-refractivity contribution is 0.0926. The summed E-state index contributed by atoms with van der Waals surface area (Å²) in [5.41, 5.74) is 3.99. The third-order valence-electron chi connectivity index (χ3n) is 5.15. The maximum atomic E-state index is 13.2. The van der Waals surface area contributed by atoms with Crippen LogP contribution in [0.4, 0.5) is 5.69 Å². The van der Waals surface area contributed by atoms with E-state index in [0.29, 0.717) is 22.3 Å². The second-order valence-corrected chi connectivity index (χ2v) is 6.68. The summed E-state index contributed by atoms with van der Waals surface area (Å²) >= 11 is 0. The van der Waals surface area contributed by atoms with Crippen molar-refractivity contribution in [1.29, 1.82) is 0 Å². The molecule has 0 atom stereocenters. The molecule has 0 saturated heterocycles. The Morgan fingerprint density at radius 1 is 0.963 bits per heavy atom. The highest BCUT2D eigenvalue weighted by atomic mass is 16.5. The lowest BCUT2D eigenvalue weighted by Gasteiger charge is -2.13. The highest BCUT2D eigenvalue weighted by Gasteiger charge is 2.39. The van der Waals surface area contributed by atoms with Crippen LogP contribution in [0.2, 0.25) is 0 Å². The monoisotopic (exact) mass is 356 g/mol. The lowest BCUT2D eigenvalue weighted by atomic mass is 9.99. The third kappa shape index (κ3) is 2.05. The van der Waals surface area contributed by atoms with Crippen LogP contribution in [0.1, 0.15) is 26.3 Å². The van der Waals surface area contributed by atoms with Crippen LogP contribution in [-0.4, -0.2) is 23.9 Å². The van der Waals surface area contributed by atoms with Crippen molar-refractivity contribution in [2.24, 2.45) is 0 Å². The van der Waals surface area contributed by atoms with Gasteiger partial charge in [0.25, 0.3) is 11.8 Å². The topological polar surface area (TPSA) is 62.4 Å². The number of hydrogen-bond donors (Lipinski definition) is 1. The number of aromatic amines is 1. The fourth-order valence-corrected chi connectivity index (χ4v) is 3.92. The second kappa shape index (κ2) is 5.45. The minimum atomic E-state index is -0.301. The van der Waals surface area contributed by atoms with E-state index in [1.165, 1.54) is 4.90 Å². The number of carbonyl (C=O) groups excluding carboxylic acids is 2. The number of nitrogens with zero attached hydrogens (tertiary/aromatic N) is 1. The number of carbonyl (C=O) groups is 2. The van der Waals surface area contributed by atoms with Crippen molar-refractivity contribution in [3.8, 4) is 5.75 Å². The normalized spacial score (nSPS) is 13.6. The Kier molecular flexibility index (Phi) is 3.15. The fourth-order valence-electron chi connectivity index (χ4n) is 3.92. The van der Waals surface area contributed by atoms with E-state index in [-0.39, 0.29) is 11.8 Å². The Balaban J connectivity index is 1.82. The molecule has 1 aliphatic rings. The molecular formula is C22H16N2O3. The quantitative estimate of drug-likeness (QED) is 0.540.